The fourth-order valence-electron chi connectivity index (χ4n) is 2.42. The number of carbonyl (C=O) groups is 1. The summed E-state index contributed by atoms with van der Waals surface area (Å²) in [5, 5.41) is 8.15. The number of amides is 1. The van der Waals surface area contributed by atoms with Gasteiger partial charge in [-0.2, -0.15) is 18.3 Å². The van der Waals surface area contributed by atoms with Crippen LogP contribution in [0.1, 0.15) is 33.9 Å². The molecule has 0 saturated heterocycles. The standard InChI is InChI=1S/C12H10ClF3N4OS/c13-8-9(10(17)21)19-20-7(12(14,15)16)4-5(18-11(8)20)6-2-1-3-22-6/h1-3,5,7,18H,4H2,(H2,17,21)/t5-,7-/m1/s1. The summed E-state index contributed by atoms with van der Waals surface area (Å²) < 4.78 is 40.7. The quantitative estimate of drug-likeness (QED) is 0.872. The van der Waals surface area contributed by atoms with E-state index in [0.29, 0.717) is 4.68 Å². The first-order chi connectivity index (χ1) is 10.3. The van der Waals surface area contributed by atoms with Crippen molar-refractivity contribution in [3.8, 4) is 0 Å². The largest absolute Gasteiger partial charge is 0.410 e. The first kappa shape index (κ1) is 15.2. The van der Waals surface area contributed by atoms with E-state index in [4.69, 9.17) is 17.3 Å². The Hall–Kier alpha value is -1.74. The summed E-state index contributed by atoms with van der Waals surface area (Å²) in [6.45, 7) is 0. The summed E-state index contributed by atoms with van der Waals surface area (Å²) in [4.78, 5) is 12.0. The molecule has 22 heavy (non-hydrogen) atoms. The molecule has 3 rings (SSSR count). The maximum atomic E-state index is 13.3. The third-order valence-corrected chi connectivity index (χ3v) is 4.76. The molecule has 0 bridgehead atoms. The Labute approximate surface area is 131 Å². The average Bonchev–Trinajstić information content (AvgIpc) is 3.05. The Kier molecular flexibility index (Phi) is 3.56. The highest BCUT2D eigenvalue weighted by Crippen LogP contribution is 2.46. The van der Waals surface area contributed by atoms with Crippen molar-refractivity contribution in [2.45, 2.75) is 24.7 Å². The minimum absolute atomic E-state index is 0.0394. The van der Waals surface area contributed by atoms with Crippen molar-refractivity contribution < 1.29 is 18.0 Å². The second-order valence-electron chi connectivity index (χ2n) is 4.83. The van der Waals surface area contributed by atoms with E-state index in [1.165, 1.54) is 11.3 Å². The number of aromatic nitrogens is 2. The zero-order chi connectivity index (χ0) is 16.1. The van der Waals surface area contributed by atoms with Crippen LogP contribution in [-0.2, 0) is 0 Å². The topological polar surface area (TPSA) is 72.9 Å². The third kappa shape index (κ3) is 2.44. The highest BCUT2D eigenvalue weighted by molar-refractivity contribution is 7.10. The molecule has 3 heterocycles. The molecule has 2 aromatic rings. The van der Waals surface area contributed by atoms with Gasteiger partial charge in [0.15, 0.2) is 11.7 Å². The van der Waals surface area contributed by atoms with Crippen molar-refractivity contribution >= 4 is 34.7 Å². The minimum atomic E-state index is -4.52. The number of nitrogens with two attached hydrogens (primary N) is 1. The van der Waals surface area contributed by atoms with Gasteiger partial charge >= 0.3 is 6.18 Å². The van der Waals surface area contributed by atoms with Crippen molar-refractivity contribution in [1.29, 1.82) is 0 Å². The molecular formula is C12H10ClF3N4OS. The number of thiophene rings is 1. The van der Waals surface area contributed by atoms with Crippen molar-refractivity contribution in [3.05, 3.63) is 33.1 Å². The lowest BCUT2D eigenvalue weighted by Gasteiger charge is -2.32. The van der Waals surface area contributed by atoms with E-state index in [1.54, 1.807) is 17.5 Å². The molecule has 0 radical (unpaired) electrons. The van der Waals surface area contributed by atoms with Crippen LogP contribution >= 0.6 is 22.9 Å². The van der Waals surface area contributed by atoms with Gasteiger partial charge in [0, 0.05) is 11.3 Å². The average molecular weight is 351 g/mol. The zero-order valence-electron chi connectivity index (χ0n) is 10.9. The van der Waals surface area contributed by atoms with Crippen LogP contribution < -0.4 is 11.1 Å². The molecule has 1 amide bonds. The van der Waals surface area contributed by atoms with Gasteiger partial charge in [-0.05, 0) is 11.4 Å². The monoisotopic (exact) mass is 350 g/mol. The minimum Gasteiger partial charge on any atom is -0.364 e. The number of fused-ring (bicyclic) bond motifs is 1. The van der Waals surface area contributed by atoms with Gasteiger partial charge in [-0.25, -0.2) is 4.68 Å². The molecule has 1 aliphatic heterocycles. The molecule has 2 aromatic heterocycles. The Morgan fingerprint density at radius 3 is 2.82 bits per heavy atom. The van der Waals surface area contributed by atoms with Gasteiger partial charge in [-0.15, -0.1) is 11.3 Å². The first-order valence-corrected chi connectivity index (χ1v) is 7.49. The number of nitrogens with one attached hydrogen (secondary N) is 1. The van der Waals surface area contributed by atoms with Crippen LogP contribution in [0.15, 0.2) is 17.5 Å². The number of nitrogens with zero attached hydrogens (tertiary/aromatic N) is 2. The van der Waals surface area contributed by atoms with Crippen molar-refractivity contribution in [3.63, 3.8) is 0 Å². The number of rotatable bonds is 2. The lowest BCUT2D eigenvalue weighted by atomic mass is 10.0. The fourth-order valence-corrected chi connectivity index (χ4v) is 3.49. The molecule has 3 N–H and O–H groups in total. The van der Waals surface area contributed by atoms with Gasteiger partial charge in [-0.3, -0.25) is 4.79 Å². The summed E-state index contributed by atoms with van der Waals surface area (Å²) in [5.41, 5.74) is 4.73. The molecule has 0 aromatic carbocycles. The number of halogens is 4. The van der Waals surface area contributed by atoms with E-state index < -0.39 is 24.2 Å². The molecule has 5 nitrogen and oxygen atoms in total. The van der Waals surface area contributed by atoms with Crippen molar-refractivity contribution in [1.82, 2.24) is 9.78 Å². The van der Waals surface area contributed by atoms with E-state index in [9.17, 15) is 18.0 Å². The summed E-state index contributed by atoms with van der Waals surface area (Å²) in [6, 6.07) is 1.06. The Morgan fingerprint density at radius 2 is 2.27 bits per heavy atom. The molecule has 10 heteroatoms. The summed E-state index contributed by atoms with van der Waals surface area (Å²) in [6.07, 6.45) is -4.76. The summed E-state index contributed by atoms with van der Waals surface area (Å²) in [7, 11) is 0. The number of anilines is 1. The van der Waals surface area contributed by atoms with Crippen LogP contribution in [0.4, 0.5) is 19.0 Å². The second kappa shape index (κ2) is 5.17. The normalized spacial score (nSPS) is 21.3. The molecule has 0 saturated carbocycles. The molecular weight excluding hydrogens is 341 g/mol. The van der Waals surface area contributed by atoms with Gasteiger partial charge in [0.2, 0.25) is 0 Å². The lowest BCUT2D eigenvalue weighted by molar-refractivity contribution is -0.173. The predicted octanol–water partition coefficient (Wildman–Crippen LogP) is 3.36. The van der Waals surface area contributed by atoms with Crippen LogP contribution in [0.3, 0.4) is 0 Å². The van der Waals surface area contributed by atoms with E-state index in [0.717, 1.165) is 4.88 Å². The van der Waals surface area contributed by atoms with Gasteiger partial charge < -0.3 is 11.1 Å². The molecule has 0 unspecified atom stereocenters. The molecule has 0 spiro atoms. The zero-order valence-corrected chi connectivity index (χ0v) is 12.5. The van der Waals surface area contributed by atoms with Crippen molar-refractivity contribution in [2.24, 2.45) is 5.73 Å². The van der Waals surface area contributed by atoms with Gasteiger partial charge in [0.1, 0.15) is 10.8 Å². The lowest BCUT2D eigenvalue weighted by Crippen LogP contribution is -2.35. The number of hydrogen-bond acceptors (Lipinski definition) is 4. The van der Waals surface area contributed by atoms with E-state index in [2.05, 4.69) is 10.4 Å². The molecule has 0 fully saturated rings. The van der Waals surface area contributed by atoms with E-state index >= 15 is 0 Å². The highest BCUT2D eigenvalue weighted by Gasteiger charge is 2.47. The molecule has 1 aliphatic rings. The SMILES string of the molecule is NC(=O)c1nn2c(c1Cl)N[C@@H](c1cccs1)C[C@@H]2C(F)(F)F. The van der Waals surface area contributed by atoms with Crippen LogP contribution in [0.5, 0.6) is 0 Å². The van der Waals surface area contributed by atoms with E-state index in [-0.39, 0.29) is 23.0 Å². The number of alkyl halides is 3. The van der Waals surface area contributed by atoms with Gasteiger partial charge in [-0.1, -0.05) is 17.7 Å². The van der Waals surface area contributed by atoms with Crippen LogP contribution in [0, 0.1) is 0 Å². The number of primary amides is 1. The van der Waals surface area contributed by atoms with Crippen LogP contribution in [0.2, 0.25) is 5.02 Å². The smallest absolute Gasteiger partial charge is 0.364 e. The summed E-state index contributed by atoms with van der Waals surface area (Å²) >= 11 is 7.31. The van der Waals surface area contributed by atoms with Crippen LogP contribution in [-0.4, -0.2) is 21.9 Å². The molecule has 0 aliphatic carbocycles. The Bertz CT molecular complexity index is 713. The number of hydrogen-bond donors (Lipinski definition) is 2. The van der Waals surface area contributed by atoms with Crippen molar-refractivity contribution in [2.75, 3.05) is 5.32 Å². The Balaban J connectivity index is 2.10. The molecule has 118 valence electrons. The van der Waals surface area contributed by atoms with Gasteiger partial charge in [0.25, 0.3) is 5.91 Å². The number of carbonyl (C=O) groups excluding carboxylic acids is 1. The fraction of sp³-hybridized carbons (Fsp3) is 0.333. The summed E-state index contributed by atoms with van der Waals surface area (Å²) in [5.74, 6) is -1.01. The predicted molar refractivity (Wildman–Crippen MR) is 76.1 cm³/mol. The highest BCUT2D eigenvalue weighted by atomic mass is 35.5. The Morgan fingerprint density at radius 1 is 1.55 bits per heavy atom. The van der Waals surface area contributed by atoms with E-state index in [1.807, 2.05) is 0 Å². The van der Waals surface area contributed by atoms with Gasteiger partial charge in [0.05, 0.1) is 6.04 Å². The molecule has 2 atom stereocenters. The third-order valence-electron chi connectivity index (χ3n) is 3.42. The maximum Gasteiger partial charge on any atom is 0.410 e. The second-order valence-corrected chi connectivity index (χ2v) is 6.18. The maximum absolute atomic E-state index is 13.3. The van der Waals surface area contributed by atoms with Crippen LogP contribution in [0.25, 0.3) is 0 Å². The first-order valence-electron chi connectivity index (χ1n) is 6.23.